The average Bonchev–Trinajstić information content (AvgIpc) is 2.57. The summed E-state index contributed by atoms with van der Waals surface area (Å²) in [6, 6.07) is 13.5. The van der Waals surface area contributed by atoms with E-state index in [-0.39, 0.29) is 5.91 Å². The van der Waals surface area contributed by atoms with Gasteiger partial charge in [0, 0.05) is 12.1 Å². The predicted octanol–water partition coefficient (Wildman–Crippen LogP) is 3.76. The molecule has 4 heteroatoms. The number of ether oxygens (including phenoxy) is 2. The van der Waals surface area contributed by atoms with E-state index in [0.717, 1.165) is 29.0 Å². The first kappa shape index (κ1) is 17.9. The monoisotopic (exact) mass is 327 g/mol. The van der Waals surface area contributed by atoms with E-state index in [0.29, 0.717) is 25.3 Å². The maximum absolute atomic E-state index is 12.1. The molecule has 0 saturated heterocycles. The van der Waals surface area contributed by atoms with E-state index >= 15 is 0 Å². The fraction of sp³-hybridized carbons (Fsp3) is 0.350. The molecular formula is C20H25NO3. The van der Waals surface area contributed by atoms with Crippen LogP contribution in [0.25, 0.3) is 0 Å². The molecule has 0 unspecified atom stereocenters. The summed E-state index contributed by atoms with van der Waals surface area (Å²) in [4.78, 5) is 12.1. The Morgan fingerprint density at radius 3 is 2.46 bits per heavy atom. The number of rotatable bonds is 8. The zero-order chi connectivity index (χ0) is 17.4. The second-order valence-electron chi connectivity index (χ2n) is 5.52. The highest BCUT2D eigenvalue weighted by Gasteiger charge is 2.08. The van der Waals surface area contributed by atoms with Gasteiger partial charge in [0.15, 0.2) is 11.5 Å². The molecule has 1 N–H and O–H groups in total. The average molecular weight is 327 g/mol. The van der Waals surface area contributed by atoms with Gasteiger partial charge in [-0.3, -0.25) is 4.79 Å². The lowest BCUT2D eigenvalue weighted by Crippen LogP contribution is -2.25. The Balaban J connectivity index is 1.94. The summed E-state index contributed by atoms with van der Waals surface area (Å²) in [6.45, 7) is 7.65. The zero-order valence-corrected chi connectivity index (χ0v) is 14.6. The molecule has 2 rings (SSSR count). The molecule has 0 bridgehead atoms. The first-order valence-corrected chi connectivity index (χ1v) is 8.37. The van der Waals surface area contributed by atoms with Crippen molar-refractivity contribution in [1.82, 2.24) is 5.32 Å². The summed E-state index contributed by atoms with van der Waals surface area (Å²) in [7, 11) is 0. The van der Waals surface area contributed by atoms with E-state index in [1.54, 1.807) is 0 Å². The number of hydrogen-bond donors (Lipinski definition) is 1. The van der Waals surface area contributed by atoms with Gasteiger partial charge in [-0.1, -0.05) is 23.8 Å². The number of carbonyl (C=O) groups excluding carboxylic acids is 1. The standard InChI is InChI=1S/C20H25NO3/c1-4-23-18-10-9-16(14-19(18)24-5-2)11-12-21-20(22)17-8-6-7-15(3)13-17/h6-10,13-14H,4-5,11-12H2,1-3H3,(H,21,22). The quantitative estimate of drug-likeness (QED) is 0.803. The highest BCUT2D eigenvalue weighted by atomic mass is 16.5. The molecule has 0 atom stereocenters. The van der Waals surface area contributed by atoms with Gasteiger partial charge in [-0.2, -0.15) is 0 Å². The molecule has 2 aromatic rings. The molecule has 0 aliphatic rings. The van der Waals surface area contributed by atoms with Crippen molar-refractivity contribution >= 4 is 5.91 Å². The number of benzene rings is 2. The van der Waals surface area contributed by atoms with Crippen LogP contribution in [-0.4, -0.2) is 25.7 Å². The highest BCUT2D eigenvalue weighted by molar-refractivity contribution is 5.94. The third-order valence-electron chi connectivity index (χ3n) is 3.59. The lowest BCUT2D eigenvalue weighted by molar-refractivity contribution is 0.0954. The molecular weight excluding hydrogens is 302 g/mol. The minimum Gasteiger partial charge on any atom is -0.490 e. The minimum atomic E-state index is -0.0466. The summed E-state index contributed by atoms with van der Waals surface area (Å²) < 4.78 is 11.2. The van der Waals surface area contributed by atoms with Crippen LogP contribution in [0.15, 0.2) is 42.5 Å². The van der Waals surface area contributed by atoms with E-state index in [1.807, 2.05) is 63.2 Å². The van der Waals surface area contributed by atoms with Crippen LogP contribution in [0, 0.1) is 6.92 Å². The predicted molar refractivity (Wildman–Crippen MR) is 96.0 cm³/mol. The Kier molecular flexibility index (Phi) is 6.67. The molecule has 0 spiro atoms. The van der Waals surface area contributed by atoms with E-state index < -0.39 is 0 Å². The Labute approximate surface area is 143 Å². The van der Waals surface area contributed by atoms with Gasteiger partial charge < -0.3 is 14.8 Å². The smallest absolute Gasteiger partial charge is 0.251 e. The van der Waals surface area contributed by atoms with Gasteiger partial charge in [0.1, 0.15) is 0 Å². The van der Waals surface area contributed by atoms with Crippen LogP contribution in [0.5, 0.6) is 11.5 Å². The molecule has 24 heavy (non-hydrogen) atoms. The Morgan fingerprint density at radius 1 is 1.00 bits per heavy atom. The largest absolute Gasteiger partial charge is 0.490 e. The topological polar surface area (TPSA) is 47.6 Å². The lowest BCUT2D eigenvalue weighted by atomic mass is 10.1. The molecule has 0 saturated carbocycles. The van der Waals surface area contributed by atoms with Gasteiger partial charge in [-0.25, -0.2) is 0 Å². The van der Waals surface area contributed by atoms with Crippen LogP contribution >= 0.6 is 0 Å². The van der Waals surface area contributed by atoms with Crippen molar-refractivity contribution in [2.75, 3.05) is 19.8 Å². The lowest BCUT2D eigenvalue weighted by Gasteiger charge is -2.12. The third-order valence-corrected chi connectivity index (χ3v) is 3.59. The molecule has 128 valence electrons. The fourth-order valence-electron chi connectivity index (χ4n) is 2.46. The number of hydrogen-bond acceptors (Lipinski definition) is 3. The molecule has 0 aromatic heterocycles. The summed E-state index contributed by atoms with van der Waals surface area (Å²) in [5, 5.41) is 2.95. The van der Waals surface area contributed by atoms with E-state index in [1.165, 1.54) is 0 Å². The number of carbonyl (C=O) groups is 1. The van der Waals surface area contributed by atoms with E-state index in [9.17, 15) is 4.79 Å². The van der Waals surface area contributed by atoms with Crippen molar-refractivity contribution in [3.05, 3.63) is 59.2 Å². The minimum absolute atomic E-state index is 0.0466. The van der Waals surface area contributed by atoms with Crippen molar-refractivity contribution in [2.24, 2.45) is 0 Å². The van der Waals surface area contributed by atoms with Gasteiger partial charge in [0.05, 0.1) is 13.2 Å². The van der Waals surface area contributed by atoms with Crippen LogP contribution in [0.2, 0.25) is 0 Å². The van der Waals surface area contributed by atoms with Crippen molar-refractivity contribution in [3.8, 4) is 11.5 Å². The van der Waals surface area contributed by atoms with Gasteiger partial charge in [-0.05, 0) is 57.0 Å². The molecule has 0 radical (unpaired) electrons. The van der Waals surface area contributed by atoms with Crippen molar-refractivity contribution in [3.63, 3.8) is 0 Å². The second-order valence-corrected chi connectivity index (χ2v) is 5.52. The Morgan fingerprint density at radius 2 is 1.75 bits per heavy atom. The van der Waals surface area contributed by atoms with Crippen LogP contribution < -0.4 is 14.8 Å². The summed E-state index contributed by atoms with van der Waals surface area (Å²) in [5.41, 5.74) is 2.87. The van der Waals surface area contributed by atoms with Crippen LogP contribution in [0.4, 0.5) is 0 Å². The van der Waals surface area contributed by atoms with Crippen LogP contribution in [-0.2, 0) is 6.42 Å². The van der Waals surface area contributed by atoms with Crippen LogP contribution in [0.1, 0.15) is 35.3 Å². The molecule has 0 aliphatic carbocycles. The van der Waals surface area contributed by atoms with Gasteiger partial charge in [-0.15, -0.1) is 0 Å². The Hall–Kier alpha value is -2.49. The SMILES string of the molecule is CCOc1ccc(CCNC(=O)c2cccc(C)c2)cc1OCC. The number of aryl methyl sites for hydroxylation is 1. The number of amides is 1. The fourth-order valence-corrected chi connectivity index (χ4v) is 2.46. The second kappa shape index (κ2) is 8.96. The van der Waals surface area contributed by atoms with Gasteiger partial charge in [0.2, 0.25) is 0 Å². The third kappa shape index (κ3) is 5.01. The Bertz CT molecular complexity index is 682. The first-order valence-electron chi connectivity index (χ1n) is 8.37. The van der Waals surface area contributed by atoms with E-state index in [4.69, 9.17) is 9.47 Å². The highest BCUT2D eigenvalue weighted by Crippen LogP contribution is 2.28. The van der Waals surface area contributed by atoms with Crippen molar-refractivity contribution < 1.29 is 14.3 Å². The van der Waals surface area contributed by atoms with Gasteiger partial charge in [0.25, 0.3) is 5.91 Å². The van der Waals surface area contributed by atoms with Crippen molar-refractivity contribution in [1.29, 1.82) is 0 Å². The summed E-state index contributed by atoms with van der Waals surface area (Å²) >= 11 is 0. The molecule has 1 amide bonds. The molecule has 0 heterocycles. The maximum atomic E-state index is 12.1. The zero-order valence-electron chi connectivity index (χ0n) is 14.6. The molecule has 4 nitrogen and oxygen atoms in total. The first-order chi connectivity index (χ1) is 11.6. The molecule has 0 aliphatic heterocycles. The number of nitrogens with one attached hydrogen (secondary N) is 1. The molecule has 0 fully saturated rings. The van der Waals surface area contributed by atoms with Crippen molar-refractivity contribution in [2.45, 2.75) is 27.2 Å². The maximum Gasteiger partial charge on any atom is 0.251 e. The van der Waals surface area contributed by atoms with Gasteiger partial charge >= 0.3 is 0 Å². The van der Waals surface area contributed by atoms with Crippen LogP contribution in [0.3, 0.4) is 0 Å². The summed E-state index contributed by atoms with van der Waals surface area (Å²) in [6.07, 6.45) is 0.740. The molecule has 2 aromatic carbocycles. The summed E-state index contributed by atoms with van der Waals surface area (Å²) in [5.74, 6) is 1.46. The normalized spacial score (nSPS) is 10.3. The van der Waals surface area contributed by atoms with E-state index in [2.05, 4.69) is 5.32 Å².